The van der Waals surface area contributed by atoms with Crippen molar-refractivity contribution < 1.29 is 13.6 Å². The van der Waals surface area contributed by atoms with Crippen molar-refractivity contribution in [2.24, 2.45) is 0 Å². The van der Waals surface area contributed by atoms with Gasteiger partial charge < -0.3 is 5.32 Å². The van der Waals surface area contributed by atoms with Gasteiger partial charge in [0.05, 0.1) is 10.6 Å². The molecule has 6 heteroatoms. The van der Waals surface area contributed by atoms with Gasteiger partial charge in [-0.2, -0.15) is 13.8 Å². The van der Waals surface area contributed by atoms with Crippen molar-refractivity contribution in [1.82, 2.24) is 4.98 Å². The Morgan fingerprint density at radius 1 is 1.15 bits per heavy atom. The summed E-state index contributed by atoms with van der Waals surface area (Å²) in [6.45, 7) is 0. The van der Waals surface area contributed by atoms with E-state index in [1.807, 2.05) is 24.3 Å². The minimum absolute atomic E-state index is 0.145. The molecule has 0 aliphatic carbocycles. The third-order valence-corrected chi connectivity index (χ3v) is 3.83. The molecule has 0 aliphatic heterocycles. The molecule has 0 fully saturated rings. The summed E-state index contributed by atoms with van der Waals surface area (Å²) in [4.78, 5) is 15.5. The number of hydrogen-bond acceptors (Lipinski definition) is 3. The molecular formula is C14H8F2N2OS. The highest BCUT2D eigenvalue weighted by molar-refractivity contribution is 7.20. The zero-order valence-corrected chi connectivity index (χ0v) is 10.9. The number of pyridine rings is 1. The Balaban J connectivity index is 1.89. The van der Waals surface area contributed by atoms with Crippen LogP contribution in [-0.2, 0) is 0 Å². The van der Waals surface area contributed by atoms with Gasteiger partial charge in [-0.05, 0) is 29.7 Å². The molecule has 0 bridgehead atoms. The third kappa shape index (κ3) is 2.37. The number of hydrogen-bond donors (Lipinski definition) is 1. The van der Waals surface area contributed by atoms with Gasteiger partial charge in [0.2, 0.25) is 11.9 Å². The molecule has 20 heavy (non-hydrogen) atoms. The summed E-state index contributed by atoms with van der Waals surface area (Å²) in [7, 11) is 0. The first-order valence-electron chi connectivity index (χ1n) is 5.75. The van der Waals surface area contributed by atoms with Crippen molar-refractivity contribution in [1.29, 1.82) is 0 Å². The van der Waals surface area contributed by atoms with Crippen LogP contribution >= 0.6 is 11.3 Å². The molecule has 0 radical (unpaired) electrons. The van der Waals surface area contributed by atoms with Crippen molar-refractivity contribution in [2.45, 2.75) is 0 Å². The van der Waals surface area contributed by atoms with Crippen molar-refractivity contribution in [3.05, 3.63) is 59.2 Å². The van der Waals surface area contributed by atoms with E-state index in [0.717, 1.165) is 22.2 Å². The van der Waals surface area contributed by atoms with Crippen LogP contribution in [0.5, 0.6) is 0 Å². The fourth-order valence-electron chi connectivity index (χ4n) is 1.78. The van der Waals surface area contributed by atoms with Gasteiger partial charge >= 0.3 is 0 Å². The SMILES string of the molecule is O=C(Nc1ccc(F)nc1F)c1cc2ccccc2s1. The van der Waals surface area contributed by atoms with Crippen molar-refractivity contribution in [3.63, 3.8) is 0 Å². The number of nitrogens with one attached hydrogen (secondary N) is 1. The first kappa shape index (κ1) is 12.7. The Labute approximate surface area is 116 Å². The molecule has 100 valence electrons. The maximum Gasteiger partial charge on any atom is 0.265 e. The van der Waals surface area contributed by atoms with Crippen LogP contribution in [0, 0.1) is 11.9 Å². The van der Waals surface area contributed by atoms with Gasteiger partial charge in [-0.1, -0.05) is 18.2 Å². The molecule has 2 aromatic heterocycles. The predicted octanol–water partition coefficient (Wildman–Crippen LogP) is 3.83. The highest BCUT2D eigenvalue weighted by atomic mass is 32.1. The van der Waals surface area contributed by atoms with Crippen LogP contribution < -0.4 is 5.32 Å². The summed E-state index contributed by atoms with van der Waals surface area (Å²) in [5, 5.41) is 3.33. The van der Waals surface area contributed by atoms with Gasteiger partial charge in [-0.25, -0.2) is 0 Å². The van der Waals surface area contributed by atoms with E-state index in [9.17, 15) is 13.6 Å². The molecule has 3 nitrogen and oxygen atoms in total. The first-order valence-corrected chi connectivity index (χ1v) is 6.57. The standard InChI is InChI=1S/C14H8F2N2OS/c15-12-6-5-9(13(16)18-12)17-14(19)11-7-8-3-1-2-4-10(8)20-11/h1-7H,(H,17,19). The van der Waals surface area contributed by atoms with Crippen LogP contribution in [0.3, 0.4) is 0 Å². The molecule has 1 aromatic carbocycles. The summed E-state index contributed by atoms with van der Waals surface area (Å²) >= 11 is 1.30. The van der Waals surface area contributed by atoms with Crippen molar-refractivity contribution >= 4 is 33.0 Å². The lowest BCUT2D eigenvalue weighted by Crippen LogP contribution is -2.12. The topological polar surface area (TPSA) is 42.0 Å². The monoisotopic (exact) mass is 290 g/mol. The zero-order valence-electron chi connectivity index (χ0n) is 10.1. The molecule has 0 saturated carbocycles. The second-order valence-corrected chi connectivity index (χ2v) is 5.16. The molecule has 1 amide bonds. The Morgan fingerprint density at radius 2 is 1.95 bits per heavy atom. The predicted molar refractivity (Wildman–Crippen MR) is 73.9 cm³/mol. The number of carbonyl (C=O) groups excluding carboxylic acids is 1. The molecule has 2 heterocycles. The number of amides is 1. The number of benzene rings is 1. The minimum atomic E-state index is -1.04. The maximum atomic E-state index is 13.4. The van der Waals surface area contributed by atoms with E-state index in [2.05, 4.69) is 10.3 Å². The Hall–Kier alpha value is -2.34. The van der Waals surface area contributed by atoms with Crippen LogP contribution in [0.4, 0.5) is 14.5 Å². The molecule has 0 unspecified atom stereocenters. The van der Waals surface area contributed by atoms with Crippen LogP contribution in [-0.4, -0.2) is 10.9 Å². The Morgan fingerprint density at radius 3 is 2.70 bits per heavy atom. The molecule has 1 N–H and O–H groups in total. The highest BCUT2D eigenvalue weighted by Gasteiger charge is 2.13. The van der Waals surface area contributed by atoms with Crippen molar-refractivity contribution in [3.8, 4) is 0 Å². The number of nitrogens with zero attached hydrogens (tertiary/aromatic N) is 1. The minimum Gasteiger partial charge on any atom is -0.317 e. The number of carbonyl (C=O) groups is 1. The summed E-state index contributed by atoms with van der Waals surface area (Å²) in [5.41, 5.74) is -0.145. The largest absolute Gasteiger partial charge is 0.317 e. The van der Waals surface area contributed by atoms with Crippen LogP contribution in [0.25, 0.3) is 10.1 Å². The summed E-state index contributed by atoms with van der Waals surface area (Å²) in [6.07, 6.45) is 0. The average molecular weight is 290 g/mol. The first-order chi connectivity index (χ1) is 9.63. The number of thiophene rings is 1. The lowest BCUT2D eigenvalue weighted by atomic mass is 10.2. The number of fused-ring (bicyclic) bond motifs is 1. The van der Waals surface area contributed by atoms with E-state index in [0.29, 0.717) is 4.88 Å². The molecule has 0 aliphatic rings. The Kier molecular flexibility index (Phi) is 3.15. The number of aromatic nitrogens is 1. The van der Waals surface area contributed by atoms with E-state index in [1.165, 1.54) is 11.3 Å². The van der Waals surface area contributed by atoms with E-state index < -0.39 is 17.8 Å². The van der Waals surface area contributed by atoms with Gasteiger partial charge in [0.15, 0.2) is 0 Å². The molecule has 3 aromatic rings. The van der Waals surface area contributed by atoms with Gasteiger partial charge in [0.25, 0.3) is 5.91 Å². The summed E-state index contributed by atoms with van der Waals surface area (Å²) < 4.78 is 27.0. The van der Waals surface area contributed by atoms with E-state index >= 15 is 0 Å². The molecule has 3 rings (SSSR count). The van der Waals surface area contributed by atoms with E-state index in [-0.39, 0.29) is 5.69 Å². The van der Waals surface area contributed by atoms with Crippen LogP contribution in [0.15, 0.2) is 42.5 Å². The van der Waals surface area contributed by atoms with E-state index in [1.54, 1.807) is 6.07 Å². The highest BCUT2D eigenvalue weighted by Crippen LogP contribution is 2.26. The maximum absolute atomic E-state index is 13.4. The van der Waals surface area contributed by atoms with E-state index in [4.69, 9.17) is 0 Å². The molecular weight excluding hydrogens is 282 g/mol. The lowest BCUT2D eigenvalue weighted by Gasteiger charge is -2.03. The third-order valence-electron chi connectivity index (χ3n) is 2.71. The van der Waals surface area contributed by atoms with Gasteiger partial charge in [-0.3, -0.25) is 4.79 Å². The normalized spacial score (nSPS) is 10.7. The van der Waals surface area contributed by atoms with Gasteiger partial charge in [0.1, 0.15) is 0 Å². The number of halogens is 2. The van der Waals surface area contributed by atoms with Crippen LogP contribution in [0.2, 0.25) is 0 Å². The fraction of sp³-hybridized carbons (Fsp3) is 0. The molecule has 0 spiro atoms. The number of anilines is 1. The summed E-state index contributed by atoms with van der Waals surface area (Å²) in [5.74, 6) is -2.42. The number of rotatable bonds is 2. The van der Waals surface area contributed by atoms with Gasteiger partial charge in [0, 0.05) is 4.70 Å². The molecule has 0 atom stereocenters. The lowest BCUT2D eigenvalue weighted by molar-refractivity contribution is 0.103. The van der Waals surface area contributed by atoms with Gasteiger partial charge in [-0.15, -0.1) is 11.3 Å². The second kappa shape index (κ2) is 4.97. The average Bonchev–Trinajstić information content (AvgIpc) is 2.86. The smallest absolute Gasteiger partial charge is 0.265 e. The van der Waals surface area contributed by atoms with Crippen LogP contribution in [0.1, 0.15) is 9.67 Å². The Bertz CT molecular complexity index is 768. The fourth-order valence-corrected chi connectivity index (χ4v) is 2.74. The summed E-state index contributed by atoms with van der Waals surface area (Å²) in [6, 6.07) is 11.4. The molecule has 0 saturated heterocycles. The zero-order chi connectivity index (χ0) is 14.1. The second-order valence-electron chi connectivity index (χ2n) is 4.07. The van der Waals surface area contributed by atoms with Crippen molar-refractivity contribution in [2.75, 3.05) is 5.32 Å². The quantitative estimate of drug-likeness (QED) is 0.729.